The molecule has 0 spiro atoms. The molecule has 10 nitrogen and oxygen atoms in total. The number of hydrogen-bond acceptors (Lipinski definition) is 8. The number of aryl methyl sites for hydroxylation is 1. The van der Waals surface area contributed by atoms with Crippen molar-refractivity contribution in [3.8, 4) is 22.9 Å². The van der Waals surface area contributed by atoms with E-state index in [-0.39, 0.29) is 19.9 Å². The fourth-order valence-corrected chi connectivity index (χ4v) is 3.24. The molecule has 0 atom stereocenters. The number of nitrogens with one attached hydrogen (secondary N) is 2. The fraction of sp³-hybridized carbons (Fsp3) is 0.261. The zero-order valence-corrected chi connectivity index (χ0v) is 18.6. The quantitative estimate of drug-likeness (QED) is 0.215. The van der Waals surface area contributed by atoms with Crippen molar-refractivity contribution < 1.29 is 23.7 Å². The molecule has 10 heteroatoms. The SMILES string of the molecule is COc1ccc(CC(=O)OCOCNc2ccc(-c3nc4cc(C)[nH]n4n3)cc2)cc1OC. The lowest BCUT2D eigenvalue weighted by molar-refractivity contribution is -0.154. The number of aromatic nitrogens is 4. The molecule has 0 amide bonds. The Morgan fingerprint density at radius 2 is 1.85 bits per heavy atom. The number of carbonyl (C=O) groups excluding carboxylic acids is 1. The Bertz CT molecular complexity index is 1200. The Labute approximate surface area is 190 Å². The van der Waals surface area contributed by atoms with Crippen molar-refractivity contribution in [1.82, 2.24) is 19.8 Å². The number of H-pyrrole nitrogens is 1. The molecule has 0 radical (unpaired) electrons. The van der Waals surface area contributed by atoms with Crippen molar-refractivity contribution >= 4 is 17.3 Å². The minimum atomic E-state index is -0.398. The Kier molecular flexibility index (Phi) is 6.75. The van der Waals surface area contributed by atoms with E-state index in [1.54, 1.807) is 37.0 Å². The van der Waals surface area contributed by atoms with Gasteiger partial charge in [0.15, 0.2) is 29.8 Å². The van der Waals surface area contributed by atoms with Crippen molar-refractivity contribution in [1.29, 1.82) is 0 Å². The van der Waals surface area contributed by atoms with E-state index in [2.05, 4.69) is 20.5 Å². The number of anilines is 1. The van der Waals surface area contributed by atoms with Gasteiger partial charge in [-0.25, -0.2) is 4.98 Å². The third kappa shape index (κ3) is 5.42. The average molecular weight is 451 g/mol. The predicted molar refractivity (Wildman–Crippen MR) is 121 cm³/mol. The van der Waals surface area contributed by atoms with E-state index in [0.717, 1.165) is 28.2 Å². The van der Waals surface area contributed by atoms with Gasteiger partial charge in [-0.15, -0.1) is 5.10 Å². The van der Waals surface area contributed by atoms with Crippen LogP contribution in [0.3, 0.4) is 0 Å². The van der Waals surface area contributed by atoms with E-state index in [4.69, 9.17) is 18.9 Å². The number of fused-ring (bicyclic) bond motifs is 1. The molecule has 2 aromatic carbocycles. The standard InChI is InChI=1S/C23H25N5O5/c1-15-10-21-25-23(27-28(21)26-15)17-5-7-18(8-6-17)24-13-32-14-33-22(29)12-16-4-9-19(30-2)20(11-16)31-3/h4-11,24,26H,12-14H2,1-3H3. The monoisotopic (exact) mass is 451 g/mol. The molecule has 0 aliphatic heterocycles. The first-order valence-electron chi connectivity index (χ1n) is 10.3. The van der Waals surface area contributed by atoms with Gasteiger partial charge in [-0.3, -0.25) is 9.89 Å². The van der Waals surface area contributed by atoms with Gasteiger partial charge >= 0.3 is 5.97 Å². The van der Waals surface area contributed by atoms with Crippen LogP contribution in [0.15, 0.2) is 48.5 Å². The van der Waals surface area contributed by atoms with Gasteiger partial charge in [-0.05, 0) is 48.9 Å². The van der Waals surface area contributed by atoms with Crippen LogP contribution >= 0.6 is 0 Å². The second-order valence-electron chi connectivity index (χ2n) is 7.25. The maximum atomic E-state index is 12.0. The highest BCUT2D eigenvalue weighted by Gasteiger charge is 2.10. The number of hydrogen-bond donors (Lipinski definition) is 2. The lowest BCUT2D eigenvalue weighted by Gasteiger charge is -2.10. The number of benzene rings is 2. The average Bonchev–Trinajstić information content (AvgIpc) is 3.36. The maximum Gasteiger partial charge on any atom is 0.312 e. The van der Waals surface area contributed by atoms with E-state index in [1.807, 2.05) is 37.3 Å². The summed E-state index contributed by atoms with van der Waals surface area (Å²) in [5, 5.41) is 10.6. The van der Waals surface area contributed by atoms with E-state index in [9.17, 15) is 4.79 Å². The zero-order chi connectivity index (χ0) is 23.2. The van der Waals surface area contributed by atoms with Crippen LogP contribution in [0.4, 0.5) is 5.69 Å². The summed E-state index contributed by atoms with van der Waals surface area (Å²) >= 11 is 0. The van der Waals surface area contributed by atoms with Gasteiger partial charge in [0.2, 0.25) is 0 Å². The molecule has 4 rings (SSSR count). The van der Waals surface area contributed by atoms with Gasteiger partial charge < -0.3 is 24.3 Å². The third-order valence-corrected chi connectivity index (χ3v) is 4.88. The highest BCUT2D eigenvalue weighted by molar-refractivity contribution is 5.73. The molecular formula is C23H25N5O5. The van der Waals surface area contributed by atoms with Crippen molar-refractivity contribution in [2.75, 3.05) is 33.1 Å². The number of methoxy groups -OCH3 is 2. The van der Waals surface area contributed by atoms with Crippen LogP contribution in [0, 0.1) is 6.92 Å². The molecule has 0 aliphatic carbocycles. The largest absolute Gasteiger partial charge is 0.493 e. The molecule has 2 heterocycles. The number of aromatic amines is 1. The summed E-state index contributed by atoms with van der Waals surface area (Å²) in [7, 11) is 3.10. The van der Waals surface area contributed by atoms with Crippen molar-refractivity contribution in [3.63, 3.8) is 0 Å². The van der Waals surface area contributed by atoms with Gasteiger partial charge in [0.25, 0.3) is 0 Å². The van der Waals surface area contributed by atoms with Crippen molar-refractivity contribution in [2.45, 2.75) is 13.3 Å². The van der Waals surface area contributed by atoms with Gasteiger partial charge in [0, 0.05) is 23.0 Å². The summed E-state index contributed by atoms with van der Waals surface area (Å²) in [6.45, 7) is 1.99. The highest BCUT2D eigenvalue weighted by atomic mass is 16.7. The zero-order valence-electron chi connectivity index (χ0n) is 18.6. The summed E-state index contributed by atoms with van der Waals surface area (Å²) in [5.74, 6) is 1.41. The Morgan fingerprint density at radius 1 is 1.06 bits per heavy atom. The van der Waals surface area contributed by atoms with Crippen molar-refractivity contribution in [2.24, 2.45) is 0 Å². The molecule has 172 valence electrons. The maximum absolute atomic E-state index is 12.0. The molecule has 0 unspecified atom stereocenters. The summed E-state index contributed by atoms with van der Waals surface area (Å²) in [6, 6.07) is 14.9. The Hall–Kier alpha value is -4.05. The summed E-state index contributed by atoms with van der Waals surface area (Å²) in [6.07, 6.45) is 0.106. The topological polar surface area (TPSA) is 112 Å². The Balaban J connectivity index is 1.19. The van der Waals surface area contributed by atoms with E-state index >= 15 is 0 Å². The van der Waals surface area contributed by atoms with E-state index in [1.165, 1.54) is 0 Å². The van der Waals surface area contributed by atoms with Crippen LogP contribution in [0.1, 0.15) is 11.3 Å². The van der Waals surface area contributed by atoms with Gasteiger partial charge in [0.05, 0.1) is 20.6 Å². The van der Waals surface area contributed by atoms with Crippen LogP contribution in [-0.4, -0.2) is 53.5 Å². The minimum absolute atomic E-state index is 0.106. The normalized spacial score (nSPS) is 10.9. The first-order valence-corrected chi connectivity index (χ1v) is 10.3. The molecule has 2 N–H and O–H groups in total. The number of ether oxygens (including phenoxy) is 4. The number of carbonyl (C=O) groups is 1. The molecule has 4 aromatic rings. The number of esters is 1. The Morgan fingerprint density at radius 3 is 2.58 bits per heavy atom. The molecule has 0 saturated carbocycles. The minimum Gasteiger partial charge on any atom is -0.493 e. The van der Waals surface area contributed by atoms with Crippen LogP contribution in [0.5, 0.6) is 11.5 Å². The smallest absolute Gasteiger partial charge is 0.312 e. The third-order valence-electron chi connectivity index (χ3n) is 4.88. The van der Waals surface area contributed by atoms with Crippen molar-refractivity contribution in [3.05, 3.63) is 59.8 Å². The predicted octanol–water partition coefficient (Wildman–Crippen LogP) is 3.18. The summed E-state index contributed by atoms with van der Waals surface area (Å²) < 4.78 is 22.6. The summed E-state index contributed by atoms with van der Waals surface area (Å²) in [5.41, 5.74) is 4.30. The number of rotatable bonds is 10. The second-order valence-corrected chi connectivity index (χ2v) is 7.25. The molecule has 0 saturated heterocycles. The van der Waals surface area contributed by atoms with Gasteiger partial charge in [0.1, 0.15) is 6.73 Å². The van der Waals surface area contributed by atoms with E-state index < -0.39 is 5.97 Å². The molecule has 33 heavy (non-hydrogen) atoms. The lowest BCUT2D eigenvalue weighted by atomic mass is 10.1. The first-order chi connectivity index (χ1) is 16.1. The fourth-order valence-electron chi connectivity index (χ4n) is 3.24. The second kappa shape index (κ2) is 10.0. The molecule has 0 aliphatic rings. The first kappa shape index (κ1) is 22.2. The van der Waals surface area contributed by atoms with Crippen LogP contribution in [0.25, 0.3) is 17.0 Å². The molecular weight excluding hydrogens is 426 g/mol. The van der Waals surface area contributed by atoms with Crippen LogP contribution in [-0.2, 0) is 20.7 Å². The molecule has 0 bridgehead atoms. The van der Waals surface area contributed by atoms with Crippen LogP contribution in [0.2, 0.25) is 0 Å². The van der Waals surface area contributed by atoms with E-state index in [0.29, 0.717) is 17.3 Å². The van der Waals surface area contributed by atoms with Gasteiger partial charge in [-0.1, -0.05) is 6.07 Å². The molecule has 2 aromatic heterocycles. The lowest BCUT2D eigenvalue weighted by Crippen LogP contribution is -2.14. The number of nitrogens with zero attached hydrogens (tertiary/aromatic N) is 3. The van der Waals surface area contributed by atoms with Gasteiger partial charge in [-0.2, -0.15) is 4.63 Å². The van der Waals surface area contributed by atoms with Crippen LogP contribution < -0.4 is 14.8 Å². The summed E-state index contributed by atoms with van der Waals surface area (Å²) in [4.78, 5) is 16.5. The highest BCUT2D eigenvalue weighted by Crippen LogP contribution is 2.27. The molecule has 0 fully saturated rings.